The van der Waals surface area contributed by atoms with E-state index in [0.29, 0.717) is 11.6 Å². The zero-order valence-electron chi connectivity index (χ0n) is 14.8. The van der Waals surface area contributed by atoms with Crippen molar-refractivity contribution in [1.82, 2.24) is 10.3 Å². The number of alkyl halides is 3. The van der Waals surface area contributed by atoms with E-state index in [1.54, 1.807) is 18.2 Å². The third kappa shape index (κ3) is 4.81. The maximum Gasteiger partial charge on any atom is 0.419 e. The zero-order chi connectivity index (χ0) is 21.0. The number of nitrogens with one attached hydrogen (secondary N) is 1. The second kappa shape index (κ2) is 8.17. The molecule has 3 rings (SSSR count). The second-order valence-electron chi connectivity index (χ2n) is 5.98. The van der Waals surface area contributed by atoms with Gasteiger partial charge in [-0.25, -0.2) is 9.37 Å². The SMILES string of the molecule is Nc1ncccc1C(=O)NCc1cccc(Oc2cccc(C(F)(F)F)c2F)c1. The van der Waals surface area contributed by atoms with Crippen LogP contribution in [0, 0.1) is 5.82 Å². The molecule has 0 spiro atoms. The summed E-state index contributed by atoms with van der Waals surface area (Å²) in [5.41, 5.74) is 5.04. The lowest BCUT2D eigenvalue weighted by atomic mass is 10.2. The molecule has 0 saturated carbocycles. The highest BCUT2D eigenvalue weighted by atomic mass is 19.4. The fourth-order valence-corrected chi connectivity index (χ4v) is 2.54. The summed E-state index contributed by atoms with van der Waals surface area (Å²) in [6, 6.07) is 12.1. The molecule has 0 atom stereocenters. The molecule has 1 amide bonds. The predicted octanol–water partition coefficient (Wildman–Crippen LogP) is 4.54. The first-order chi connectivity index (χ1) is 13.8. The van der Waals surface area contributed by atoms with Crippen molar-refractivity contribution in [3.63, 3.8) is 0 Å². The van der Waals surface area contributed by atoms with Crippen molar-refractivity contribution < 1.29 is 27.1 Å². The lowest BCUT2D eigenvalue weighted by molar-refractivity contribution is -0.140. The van der Waals surface area contributed by atoms with Crippen LogP contribution in [0.15, 0.2) is 60.8 Å². The van der Waals surface area contributed by atoms with E-state index in [1.165, 1.54) is 24.4 Å². The molecule has 3 N–H and O–H groups in total. The van der Waals surface area contributed by atoms with Crippen LogP contribution in [0.5, 0.6) is 11.5 Å². The fraction of sp³-hybridized carbons (Fsp3) is 0.100. The lowest BCUT2D eigenvalue weighted by Gasteiger charge is -2.13. The summed E-state index contributed by atoms with van der Waals surface area (Å²) < 4.78 is 57.9. The highest BCUT2D eigenvalue weighted by Gasteiger charge is 2.35. The molecule has 1 heterocycles. The molecule has 1 aromatic heterocycles. The van der Waals surface area contributed by atoms with Crippen LogP contribution in [-0.4, -0.2) is 10.9 Å². The molecule has 3 aromatic rings. The van der Waals surface area contributed by atoms with Gasteiger partial charge in [-0.3, -0.25) is 4.79 Å². The second-order valence-corrected chi connectivity index (χ2v) is 5.98. The number of aromatic nitrogens is 1. The molecule has 2 aromatic carbocycles. The van der Waals surface area contributed by atoms with Gasteiger partial charge >= 0.3 is 6.18 Å². The lowest BCUT2D eigenvalue weighted by Crippen LogP contribution is -2.24. The Morgan fingerprint density at radius 2 is 1.86 bits per heavy atom. The third-order valence-corrected chi connectivity index (χ3v) is 3.93. The van der Waals surface area contributed by atoms with Crippen molar-refractivity contribution in [3.8, 4) is 11.5 Å². The van der Waals surface area contributed by atoms with Crippen LogP contribution in [0.4, 0.5) is 23.4 Å². The Morgan fingerprint density at radius 1 is 1.10 bits per heavy atom. The van der Waals surface area contributed by atoms with E-state index in [2.05, 4.69) is 10.3 Å². The van der Waals surface area contributed by atoms with Gasteiger partial charge in [0, 0.05) is 12.7 Å². The molecule has 0 aliphatic rings. The number of carbonyl (C=O) groups is 1. The number of ether oxygens (including phenoxy) is 1. The minimum atomic E-state index is -4.83. The summed E-state index contributed by atoms with van der Waals surface area (Å²) in [5.74, 6) is -2.28. The molecule has 0 aliphatic carbocycles. The van der Waals surface area contributed by atoms with Crippen molar-refractivity contribution in [2.45, 2.75) is 12.7 Å². The molecular weight excluding hydrogens is 390 g/mol. The van der Waals surface area contributed by atoms with Gasteiger partial charge in [0.25, 0.3) is 5.91 Å². The number of amides is 1. The molecular formula is C20H15F4N3O2. The number of pyridine rings is 1. The van der Waals surface area contributed by atoms with Gasteiger partial charge < -0.3 is 15.8 Å². The molecule has 9 heteroatoms. The van der Waals surface area contributed by atoms with Gasteiger partial charge in [-0.05, 0) is 42.0 Å². The molecule has 150 valence electrons. The number of hydrogen-bond donors (Lipinski definition) is 2. The number of carbonyl (C=O) groups excluding carboxylic acids is 1. The van der Waals surface area contributed by atoms with Crippen LogP contribution in [0.1, 0.15) is 21.5 Å². The molecule has 0 bridgehead atoms. The van der Waals surface area contributed by atoms with Crippen LogP contribution in [0.2, 0.25) is 0 Å². The Kier molecular flexibility index (Phi) is 5.67. The van der Waals surface area contributed by atoms with Crippen LogP contribution in [-0.2, 0) is 12.7 Å². The summed E-state index contributed by atoms with van der Waals surface area (Å²) in [5, 5.41) is 2.65. The third-order valence-electron chi connectivity index (χ3n) is 3.93. The maximum absolute atomic E-state index is 14.1. The minimum absolute atomic E-state index is 0.0853. The topological polar surface area (TPSA) is 77.2 Å². The molecule has 0 fully saturated rings. The zero-order valence-corrected chi connectivity index (χ0v) is 14.8. The number of hydrogen-bond acceptors (Lipinski definition) is 4. The molecule has 29 heavy (non-hydrogen) atoms. The number of nitrogens with two attached hydrogens (primary N) is 1. The standard InChI is InChI=1S/C20H15F4N3O2/c21-17-15(20(22,23)24)7-2-8-16(17)29-13-5-1-4-12(10-13)11-27-19(28)14-6-3-9-26-18(14)25/h1-10H,11H2,(H2,25,26)(H,27,28). The van der Waals surface area contributed by atoms with E-state index < -0.39 is 29.2 Å². The quantitative estimate of drug-likeness (QED) is 0.611. The van der Waals surface area contributed by atoms with Crippen molar-refractivity contribution in [2.75, 3.05) is 5.73 Å². The first kappa shape index (κ1) is 20.1. The van der Waals surface area contributed by atoms with Crippen molar-refractivity contribution >= 4 is 11.7 Å². The van der Waals surface area contributed by atoms with E-state index in [0.717, 1.165) is 12.1 Å². The van der Waals surface area contributed by atoms with Gasteiger partial charge in [-0.1, -0.05) is 18.2 Å². The van der Waals surface area contributed by atoms with Crippen molar-refractivity contribution in [3.05, 3.63) is 83.3 Å². The Morgan fingerprint density at radius 3 is 2.59 bits per heavy atom. The number of halogens is 4. The monoisotopic (exact) mass is 405 g/mol. The smallest absolute Gasteiger partial charge is 0.419 e. The molecule has 0 aliphatic heterocycles. The number of rotatable bonds is 5. The Labute approximate surface area is 163 Å². The van der Waals surface area contributed by atoms with Crippen molar-refractivity contribution in [2.24, 2.45) is 0 Å². The van der Waals surface area contributed by atoms with Crippen LogP contribution in [0.25, 0.3) is 0 Å². The first-order valence-electron chi connectivity index (χ1n) is 8.37. The Balaban J connectivity index is 1.72. The summed E-state index contributed by atoms with van der Waals surface area (Å²) in [6.45, 7) is 0.0927. The number of anilines is 1. The van der Waals surface area contributed by atoms with Gasteiger partial charge in [0.05, 0.1) is 11.1 Å². The van der Waals surface area contributed by atoms with Crippen LogP contribution >= 0.6 is 0 Å². The highest BCUT2D eigenvalue weighted by Crippen LogP contribution is 2.36. The summed E-state index contributed by atoms with van der Waals surface area (Å²) in [7, 11) is 0. The Bertz CT molecular complexity index is 1040. The molecule has 0 unspecified atom stereocenters. The van der Waals surface area contributed by atoms with Crippen molar-refractivity contribution in [1.29, 1.82) is 0 Å². The first-order valence-corrected chi connectivity index (χ1v) is 8.37. The van der Waals surface area contributed by atoms with Crippen LogP contribution in [0.3, 0.4) is 0 Å². The molecule has 0 saturated heterocycles. The summed E-state index contributed by atoms with van der Waals surface area (Å²) >= 11 is 0. The van der Waals surface area contributed by atoms with Gasteiger partial charge in [-0.15, -0.1) is 0 Å². The van der Waals surface area contributed by atoms with Gasteiger partial charge in [0.15, 0.2) is 11.6 Å². The van der Waals surface area contributed by atoms with E-state index in [9.17, 15) is 22.4 Å². The largest absolute Gasteiger partial charge is 0.454 e. The number of nitrogen functional groups attached to an aromatic ring is 1. The minimum Gasteiger partial charge on any atom is -0.454 e. The number of nitrogens with zero attached hydrogens (tertiary/aromatic N) is 1. The summed E-state index contributed by atoms with van der Waals surface area (Å²) in [4.78, 5) is 16.0. The van der Waals surface area contributed by atoms with Crippen LogP contribution < -0.4 is 15.8 Å². The highest BCUT2D eigenvalue weighted by molar-refractivity contribution is 5.98. The molecule has 0 radical (unpaired) electrons. The molecule has 5 nitrogen and oxygen atoms in total. The summed E-state index contributed by atoms with van der Waals surface area (Å²) in [6.07, 6.45) is -3.37. The van der Waals surface area contributed by atoms with E-state index in [1.807, 2.05) is 0 Å². The fourth-order valence-electron chi connectivity index (χ4n) is 2.54. The van der Waals surface area contributed by atoms with E-state index in [-0.39, 0.29) is 23.7 Å². The number of benzene rings is 2. The maximum atomic E-state index is 14.1. The van der Waals surface area contributed by atoms with Gasteiger partial charge in [-0.2, -0.15) is 13.2 Å². The Hall–Kier alpha value is -3.62. The average molecular weight is 405 g/mol. The normalized spacial score (nSPS) is 11.2. The van der Waals surface area contributed by atoms with E-state index >= 15 is 0 Å². The van der Waals surface area contributed by atoms with Gasteiger partial charge in [0.1, 0.15) is 11.6 Å². The van der Waals surface area contributed by atoms with E-state index in [4.69, 9.17) is 10.5 Å². The predicted molar refractivity (Wildman–Crippen MR) is 97.7 cm³/mol. The van der Waals surface area contributed by atoms with Gasteiger partial charge in [0.2, 0.25) is 0 Å². The average Bonchev–Trinajstić information content (AvgIpc) is 2.67.